The summed E-state index contributed by atoms with van der Waals surface area (Å²) in [5.41, 5.74) is 2.58. The molecule has 0 bridgehead atoms. The van der Waals surface area contributed by atoms with E-state index < -0.39 is 17.2 Å². The number of amides is 1. The standard InChI is InChI=1S/C17H18N6O4/c1-21-15-14(16(25)22(2)17(21)26)18-10-23(15)9-13(24)20-19-8-11-4-6-12(27-3)7-5-11/h4-8,10H,9H2,1-3H3,(H,20,24). The van der Waals surface area contributed by atoms with Crippen molar-refractivity contribution in [2.24, 2.45) is 19.2 Å². The summed E-state index contributed by atoms with van der Waals surface area (Å²) >= 11 is 0. The van der Waals surface area contributed by atoms with Gasteiger partial charge in [-0.15, -0.1) is 0 Å². The van der Waals surface area contributed by atoms with Crippen LogP contribution in [0.4, 0.5) is 0 Å². The van der Waals surface area contributed by atoms with Crippen molar-refractivity contribution in [3.8, 4) is 5.75 Å². The second kappa shape index (κ2) is 7.28. The van der Waals surface area contributed by atoms with Crippen molar-refractivity contribution in [3.63, 3.8) is 0 Å². The fraction of sp³-hybridized carbons (Fsp3) is 0.235. The Labute approximate surface area is 153 Å². The molecule has 0 aliphatic rings. The summed E-state index contributed by atoms with van der Waals surface area (Å²) < 4.78 is 8.74. The maximum atomic E-state index is 12.1. The Kier molecular flexibility index (Phi) is 4.88. The minimum absolute atomic E-state index is 0.120. The molecule has 0 saturated carbocycles. The number of fused-ring (bicyclic) bond motifs is 1. The molecule has 1 amide bonds. The van der Waals surface area contributed by atoms with E-state index >= 15 is 0 Å². The predicted molar refractivity (Wildman–Crippen MR) is 98.9 cm³/mol. The number of rotatable bonds is 5. The first kappa shape index (κ1) is 18.1. The molecule has 0 aliphatic heterocycles. The number of aromatic nitrogens is 4. The van der Waals surface area contributed by atoms with E-state index in [9.17, 15) is 14.4 Å². The van der Waals surface area contributed by atoms with E-state index in [4.69, 9.17) is 4.74 Å². The molecule has 0 aliphatic carbocycles. The van der Waals surface area contributed by atoms with E-state index in [0.29, 0.717) is 0 Å². The van der Waals surface area contributed by atoms with Crippen LogP contribution in [0.15, 0.2) is 45.3 Å². The molecule has 0 unspecified atom stereocenters. The molecule has 1 N–H and O–H groups in total. The number of imidazole rings is 1. The molecule has 140 valence electrons. The fourth-order valence-electron chi connectivity index (χ4n) is 2.61. The van der Waals surface area contributed by atoms with Crippen molar-refractivity contribution in [2.45, 2.75) is 6.54 Å². The monoisotopic (exact) mass is 370 g/mol. The van der Waals surface area contributed by atoms with Gasteiger partial charge in [-0.05, 0) is 29.8 Å². The SMILES string of the molecule is COc1ccc(C=NNC(=O)Cn2cnc3c(=O)n(C)c(=O)n(C)c32)cc1. The molecule has 0 radical (unpaired) electrons. The highest BCUT2D eigenvalue weighted by atomic mass is 16.5. The number of carbonyl (C=O) groups is 1. The van der Waals surface area contributed by atoms with Gasteiger partial charge >= 0.3 is 5.69 Å². The van der Waals surface area contributed by atoms with Crippen molar-refractivity contribution in [2.75, 3.05) is 7.11 Å². The molecule has 0 atom stereocenters. The lowest BCUT2D eigenvalue weighted by Gasteiger charge is -2.07. The average molecular weight is 370 g/mol. The van der Waals surface area contributed by atoms with Gasteiger partial charge in [0.05, 0.1) is 19.7 Å². The van der Waals surface area contributed by atoms with Gasteiger partial charge < -0.3 is 9.30 Å². The Bertz CT molecular complexity index is 1140. The van der Waals surface area contributed by atoms with Crippen LogP contribution in [0, 0.1) is 0 Å². The third-order valence-corrected chi connectivity index (χ3v) is 4.04. The lowest BCUT2D eigenvalue weighted by Crippen LogP contribution is -2.37. The molecule has 27 heavy (non-hydrogen) atoms. The van der Waals surface area contributed by atoms with Crippen molar-refractivity contribution >= 4 is 23.3 Å². The summed E-state index contributed by atoms with van der Waals surface area (Å²) in [6, 6.07) is 7.15. The summed E-state index contributed by atoms with van der Waals surface area (Å²) in [6.07, 6.45) is 2.84. The first-order valence-corrected chi connectivity index (χ1v) is 7.99. The van der Waals surface area contributed by atoms with Crippen LogP contribution in [0.5, 0.6) is 5.75 Å². The van der Waals surface area contributed by atoms with E-state index in [1.54, 1.807) is 31.4 Å². The first-order valence-electron chi connectivity index (χ1n) is 7.99. The third-order valence-electron chi connectivity index (χ3n) is 4.04. The number of nitrogens with zero attached hydrogens (tertiary/aromatic N) is 5. The lowest BCUT2D eigenvalue weighted by molar-refractivity contribution is -0.121. The zero-order valence-corrected chi connectivity index (χ0v) is 15.0. The molecule has 3 rings (SSSR count). The van der Waals surface area contributed by atoms with Crippen molar-refractivity contribution < 1.29 is 9.53 Å². The van der Waals surface area contributed by atoms with Gasteiger partial charge in [-0.1, -0.05) is 0 Å². The van der Waals surface area contributed by atoms with Gasteiger partial charge in [0.1, 0.15) is 17.9 Å². The zero-order valence-electron chi connectivity index (χ0n) is 15.0. The highest BCUT2D eigenvalue weighted by molar-refractivity contribution is 5.83. The molecule has 10 nitrogen and oxygen atoms in total. The van der Waals surface area contributed by atoms with E-state index in [1.165, 1.54) is 35.8 Å². The predicted octanol–water partition coefficient (Wildman–Crippen LogP) is -0.407. The van der Waals surface area contributed by atoms with Gasteiger partial charge in [-0.2, -0.15) is 5.10 Å². The summed E-state index contributed by atoms with van der Waals surface area (Å²) in [4.78, 5) is 40.3. The molecule has 3 aromatic rings. The number of benzene rings is 1. The van der Waals surface area contributed by atoms with Crippen LogP contribution in [0.25, 0.3) is 11.2 Å². The Hall–Kier alpha value is -3.69. The maximum absolute atomic E-state index is 12.1. The molecule has 0 saturated heterocycles. The minimum atomic E-state index is -0.509. The number of hydrazone groups is 1. The topological polar surface area (TPSA) is 113 Å². The number of hydrogen-bond donors (Lipinski definition) is 1. The number of ether oxygens (including phenoxy) is 1. The second-order valence-corrected chi connectivity index (χ2v) is 5.82. The first-order chi connectivity index (χ1) is 12.9. The molecule has 10 heteroatoms. The van der Waals surface area contributed by atoms with Gasteiger partial charge in [-0.3, -0.25) is 18.7 Å². The lowest BCUT2D eigenvalue weighted by atomic mass is 10.2. The minimum Gasteiger partial charge on any atom is -0.497 e. The van der Waals surface area contributed by atoms with Gasteiger partial charge in [-0.25, -0.2) is 15.2 Å². The number of nitrogens with one attached hydrogen (secondary N) is 1. The molecule has 0 spiro atoms. The second-order valence-electron chi connectivity index (χ2n) is 5.82. The summed E-state index contributed by atoms with van der Waals surface area (Å²) in [7, 11) is 4.47. The van der Waals surface area contributed by atoms with E-state index in [0.717, 1.165) is 15.9 Å². The highest BCUT2D eigenvalue weighted by Crippen LogP contribution is 2.09. The van der Waals surface area contributed by atoms with Crippen LogP contribution in [-0.4, -0.2) is 37.9 Å². The van der Waals surface area contributed by atoms with E-state index in [1.807, 2.05) is 0 Å². The van der Waals surface area contributed by atoms with Crippen LogP contribution in [-0.2, 0) is 25.4 Å². The highest BCUT2D eigenvalue weighted by Gasteiger charge is 2.15. The van der Waals surface area contributed by atoms with Crippen molar-refractivity contribution in [1.82, 2.24) is 24.1 Å². The number of methoxy groups -OCH3 is 1. The van der Waals surface area contributed by atoms with Gasteiger partial charge in [0.2, 0.25) is 0 Å². The summed E-state index contributed by atoms with van der Waals surface area (Å²) in [6.45, 7) is -0.142. The molecule has 2 aromatic heterocycles. The quantitative estimate of drug-likeness (QED) is 0.485. The maximum Gasteiger partial charge on any atom is 0.332 e. The van der Waals surface area contributed by atoms with Gasteiger partial charge in [0.15, 0.2) is 5.52 Å². The number of carbonyl (C=O) groups excluding carboxylic acids is 1. The Morgan fingerprint density at radius 2 is 1.93 bits per heavy atom. The van der Waals surface area contributed by atoms with E-state index in [2.05, 4.69) is 15.5 Å². The van der Waals surface area contributed by atoms with E-state index in [-0.39, 0.29) is 17.7 Å². The normalized spacial score (nSPS) is 11.2. The van der Waals surface area contributed by atoms with Crippen LogP contribution in [0.1, 0.15) is 5.56 Å². The Morgan fingerprint density at radius 1 is 1.22 bits per heavy atom. The largest absolute Gasteiger partial charge is 0.497 e. The van der Waals surface area contributed by atoms with Crippen molar-refractivity contribution in [1.29, 1.82) is 0 Å². The summed E-state index contributed by atoms with van der Waals surface area (Å²) in [5, 5.41) is 3.90. The van der Waals surface area contributed by atoms with Crippen LogP contribution in [0.3, 0.4) is 0 Å². The summed E-state index contributed by atoms with van der Waals surface area (Å²) in [5.74, 6) is 0.298. The average Bonchev–Trinajstić information content (AvgIpc) is 3.08. The molecular formula is C17H18N6O4. The van der Waals surface area contributed by atoms with Gasteiger partial charge in [0.25, 0.3) is 11.5 Å². The van der Waals surface area contributed by atoms with Crippen LogP contribution in [0.2, 0.25) is 0 Å². The molecule has 1 aromatic carbocycles. The fourth-order valence-corrected chi connectivity index (χ4v) is 2.61. The van der Waals surface area contributed by atoms with Gasteiger partial charge in [0, 0.05) is 14.1 Å². The third kappa shape index (κ3) is 3.50. The molecular weight excluding hydrogens is 352 g/mol. The van der Waals surface area contributed by atoms with Crippen molar-refractivity contribution in [3.05, 3.63) is 57.0 Å². The van der Waals surface area contributed by atoms with Crippen LogP contribution < -0.4 is 21.4 Å². The smallest absolute Gasteiger partial charge is 0.332 e. The Morgan fingerprint density at radius 3 is 2.59 bits per heavy atom. The number of aryl methyl sites for hydroxylation is 1. The van der Waals surface area contributed by atoms with Crippen LogP contribution >= 0.6 is 0 Å². The Balaban J connectivity index is 1.75. The molecule has 2 heterocycles. The zero-order chi connectivity index (χ0) is 19.6. The number of hydrogen-bond acceptors (Lipinski definition) is 6. The molecule has 0 fully saturated rings.